The molecule has 11 nitrogen and oxygen atoms in total. The van der Waals surface area contributed by atoms with Gasteiger partial charge in [-0.3, -0.25) is 19.7 Å². The summed E-state index contributed by atoms with van der Waals surface area (Å²) in [6, 6.07) is 5.29. The Morgan fingerprint density at radius 2 is 1.98 bits per heavy atom. The number of allylic oxidation sites excluding steroid dienone is 3. The average Bonchev–Trinajstić information content (AvgIpc) is 3.47. The Kier molecular flexibility index (Phi) is 13.3. The summed E-state index contributed by atoms with van der Waals surface area (Å²) >= 11 is 17.7. The van der Waals surface area contributed by atoms with Crippen molar-refractivity contribution >= 4 is 86.0 Å². The number of nitrogens with one attached hydrogen (secondary N) is 1. The third-order valence-electron chi connectivity index (χ3n) is 7.54. The number of rotatable bonds is 12. The van der Waals surface area contributed by atoms with Crippen molar-refractivity contribution in [1.82, 2.24) is 10.2 Å². The molecule has 1 amide bonds. The first-order valence-corrected chi connectivity index (χ1v) is 17.4. The number of alkyl halides is 1. The number of anilines is 2. The number of nitrogens with zero attached hydrogens (tertiary/aromatic N) is 5. The van der Waals surface area contributed by atoms with E-state index in [2.05, 4.69) is 47.7 Å². The number of aliphatic hydroxyl groups is 1. The molecule has 1 unspecified atom stereocenters. The summed E-state index contributed by atoms with van der Waals surface area (Å²) in [5, 5.41) is 13.2. The number of halogens is 4. The number of β-amino-alcohol motifs (C(OH)–C–C–N with tert-alkyl or cyclic N) is 1. The van der Waals surface area contributed by atoms with Crippen LogP contribution in [0.3, 0.4) is 0 Å². The van der Waals surface area contributed by atoms with Gasteiger partial charge in [-0.1, -0.05) is 16.1 Å². The van der Waals surface area contributed by atoms with Crippen LogP contribution in [0.15, 0.2) is 66.4 Å². The highest BCUT2D eigenvalue weighted by Crippen LogP contribution is 2.40. The minimum absolute atomic E-state index is 0.0588. The molecule has 0 radical (unpaired) electrons. The zero-order valence-electron chi connectivity index (χ0n) is 27.2. The molecule has 2 N–H and O–H groups in total. The van der Waals surface area contributed by atoms with Crippen LogP contribution in [0.4, 0.5) is 21.5 Å². The van der Waals surface area contributed by atoms with Gasteiger partial charge in [-0.25, -0.2) is 0 Å². The van der Waals surface area contributed by atoms with Crippen molar-refractivity contribution in [3.8, 4) is 5.75 Å². The largest absolute Gasteiger partial charge is 0.496 e. The predicted octanol–water partition coefficient (Wildman–Crippen LogP) is 6.33. The molecule has 2 heterocycles. The van der Waals surface area contributed by atoms with Crippen LogP contribution in [0.1, 0.15) is 29.1 Å². The standard InChI is InChI=1S/C32H38BrCl2FN6O5S/c1-18(2)47-23-15-19(41-11-9-40(10-12-41)13-14-43)7-8-22(23)42(36)31(38-4)30-27(37-3)20(17-48-30)32(44)39-28-21(34)16-24(45-5)25(33)29(46-6)26(28)35/h7-8,15-18,21,43H,3,9-14H2,1-2,4-6H3,(H,39,44). The fraction of sp³-hybridized carbons (Fsp3) is 0.406. The van der Waals surface area contributed by atoms with Crippen molar-refractivity contribution in [2.75, 3.05) is 70.6 Å². The Balaban J connectivity index is 1.64. The molecule has 1 aliphatic carbocycles. The van der Waals surface area contributed by atoms with Crippen molar-refractivity contribution in [1.29, 1.82) is 0 Å². The first-order chi connectivity index (χ1) is 23.0. The number of aliphatic hydroxyl groups excluding tert-OH is 1. The number of methoxy groups -OCH3 is 2. The minimum atomic E-state index is -0.893. The maximum Gasteiger partial charge on any atom is 0.258 e. The van der Waals surface area contributed by atoms with Gasteiger partial charge >= 0.3 is 0 Å². The van der Waals surface area contributed by atoms with E-state index in [9.17, 15) is 9.90 Å². The molecule has 48 heavy (non-hydrogen) atoms. The van der Waals surface area contributed by atoms with E-state index in [-0.39, 0.29) is 56.9 Å². The van der Waals surface area contributed by atoms with Crippen molar-refractivity contribution in [2.45, 2.75) is 25.3 Å². The normalized spacial score (nSPS) is 17.7. The lowest BCUT2D eigenvalue weighted by molar-refractivity contribution is 0.0966. The van der Waals surface area contributed by atoms with Gasteiger partial charge < -0.3 is 29.5 Å². The predicted molar refractivity (Wildman–Crippen MR) is 196 cm³/mol. The fourth-order valence-corrected chi connectivity index (χ4v) is 7.65. The molecular weight excluding hydrogens is 750 g/mol. The second-order valence-electron chi connectivity index (χ2n) is 10.9. The van der Waals surface area contributed by atoms with Crippen LogP contribution in [0.5, 0.6) is 5.75 Å². The first kappa shape index (κ1) is 37.7. The summed E-state index contributed by atoms with van der Waals surface area (Å²) in [6.45, 7) is 11.2. The van der Waals surface area contributed by atoms with Gasteiger partial charge in [0.15, 0.2) is 11.6 Å². The number of carbonyl (C=O) groups excluding carboxylic acids is 1. The van der Waals surface area contributed by atoms with Crippen molar-refractivity contribution in [3.05, 3.63) is 66.8 Å². The van der Waals surface area contributed by atoms with Gasteiger partial charge in [-0.15, -0.1) is 22.9 Å². The number of aliphatic imine (C=N–C) groups is 2. The lowest BCUT2D eigenvalue weighted by Crippen LogP contribution is -2.47. The molecule has 0 saturated carbocycles. The zero-order valence-corrected chi connectivity index (χ0v) is 31.1. The summed E-state index contributed by atoms with van der Waals surface area (Å²) in [5.74, 6) is 0.198. The highest BCUT2D eigenvalue weighted by atomic mass is 79.9. The monoisotopic (exact) mass is 786 g/mol. The minimum Gasteiger partial charge on any atom is -0.496 e. The second kappa shape index (κ2) is 17.0. The molecule has 1 aromatic heterocycles. The quantitative estimate of drug-likeness (QED) is 0.111. The van der Waals surface area contributed by atoms with Gasteiger partial charge in [0.25, 0.3) is 5.91 Å². The topological polar surface area (TPSA) is 111 Å². The lowest BCUT2D eigenvalue weighted by Gasteiger charge is -2.36. The molecular formula is C32H38BrCl2FN6O5S. The summed E-state index contributed by atoms with van der Waals surface area (Å²) in [5.41, 5.74) is 1.40. The van der Waals surface area contributed by atoms with Crippen molar-refractivity contribution in [3.63, 3.8) is 0 Å². The summed E-state index contributed by atoms with van der Waals surface area (Å²) in [7, 11) is 4.33. The summed E-state index contributed by atoms with van der Waals surface area (Å²) < 4.78 is 33.8. The van der Waals surface area contributed by atoms with Crippen LogP contribution in [-0.2, 0) is 9.47 Å². The lowest BCUT2D eigenvalue weighted by atomic mass is 10.2. The van der Waals surface area contributed by atoms with Gasteiger partial charge in [0.2, 0.25) is 0 Å². The van der Waals surface area contributed by atoms with Gasteiger partial charge in [0.1, 0.15) is 26.7 Å². The number of amidine groups is 1. The van der Waals surface area contributed by atoms with E-state index < -0.39 is 11.3 Å². The first-order valence-electron chi connectivity index (χ1n) is 14.9. The maximum absolute atomic E-state index is 16.5. The van der Waals surface area contributed by atoms with E-state index in [1.807, 2.05) is 26.0 Å². The number of benzene rings is 1. The van der Waals surface area contributed by atoms with E-state index >= 15 is 4.48 Å². The van der Waals surface area contributed by atoms with E-state index in [0.717, 1.165) is 43.2 Å². The number of ether oxygens (including phenoxy) is 3. The molecule has 260 valence electrons. The molecule has 1 aromatic carbocycles. The van der Waals surface area contributed by atoms with Gasteiger partial charge in [-0.2, -0.15) is 5.12 Å². The Labute approximate surface area is 302 Å². The third kappa shape index (κ3) is 8.17. The fourth-order valence-electron chi connectivity index (χ4n) is 5.19. The van der Waals surface area contributed by atoms with Gasteiger partial charge in [-0.05, 0) is 54.7 Å². The molecule has 4 rings (SSSR count). The van der Waals surface area contributed by atoms with Crippen molar-refractivity contribution in [2.24, 2.45) is 9.98 Å². The molecule has 16 heteroatoms. The van der Waals surface area contributed by atoms with Gasteiger partial charge in [0, 0.05) is 56.9 Å². The average molecular weight is 789 g/mol. The molecule has 0 spiro atoms. The Bertz CT molecular complexity index is 1640. The summed E-state index contributed by atoms with van der Waals surface area (Å²) in [6.07, 6.45) is 1.32. The molecule has 0 bridgehead atoms. The number of piperazine rings is 1. The van der Waals surface area contributed by atoms with Crippen LogP contribution >= 0.6 is 50.5 Å². The van der Waals surface area contributed by atoms with E-state index in [1.165, 1.54) is 26.6 Å². The van der Waals surface area contributed by atoms with Crippen LogP contribution in [-0.4, -0.2) is 101 Å². The zero-order chi connectivity index (χ0) is 35.1. The maximum atomic E-state index is 16.5. The number of hydrogen-bond acceptors (Lipinski definition) is 10. The third-order valence-corrected chi connectivity index (χ3v) is 9.97. The SMILES string of the molecule is C=Nc1c(C(=O)NC2=C(Cl)C(OC)=C(Br)C(OC)=CC2Cl)csc1C(=NC)N(F)c1ccc(N2CCN(CCO)CC2)cc1OC(C)C. The van der Waals surface area contributed by atoms with Crippen LogP contribution in [0.25, 0.3) is 0 Å². The van der Waals surface area contributed by atoms with E-state index in [0.29, 0.717) is 27.7 Å². The molecule has 2 aromatic rings. The number of carbonyl (C=O) groups is 1. The number of hydrogen-bond donors (Lipinski definition) is 2. The van der Waals surface area contributed by atoms with Gasteiger partial charge in [0.05, 0.1) is 54.1 Å². The number of thiophene rings is 1. The smallest absolute Gasteiger partial charge is 0.258 e. The van der Waals surface area contributed by atoms with E-state index in [4.69, 9.17) is 37.4 Å². The Hall–Kier alpha value is -3.14. The highest BCUT2D eigenvalue weighted by molar-refractivity contribution is 9.12. The van der Waals surface area contributed by atoms with Crippen LogP contribution in [0.2, 0.25) is 0 Å². The van der Waals surface area contributed by atoms with E-state index in [1.54, 1.807) is 12.1 Å². The Morgan fingerprint density at radius 1 is 1.27 bits per heavy atom. The molecule has 1 aliphatic heterocycles. The highest BCUT2D eigenvalue weighted by Gasteiger charge is 2.31. The second-order valence-corrected chi connectivity index (χ2v) is 13.4. The number of amides is 1. The Morgan fingerprint density at radius 3 is 2.56 bits per heavy atom. The van der Waals surface area contributed by atoms with Crippen LogP contribution in [0, 0.1) is 0 Å². The molecule has 1 fully saturated rings. The van der Waals surface area contributed by atoms with Crippen LogP contribution < -0.4 is 20.1 Å². The molecule has 1 atom stereocenters. The van der Waals surface area contributed by atoms with Crippen molar-refractivity contribution < 1.29 is 28.6 Å². The summed E-state index contributed by atoms with van der Waals surface area (Å²) in [4.78, 5) is 26.6. The molecule has 1 saturated heterocycles. The molecule has 2 aliphatic rings.